The lowest BCUT2D eigenvalue weighted by Gasteiger charge is -2.31. The van der Waals surface area contributed by atoms with Gasteiger partial charge in [0.05, 0.1) is 6.54 Å². The van der Waals surface area contributed by atoms with Crippen molar-refractivity contribution >= 4 is 11.1 Å². The topological polar surface area (TPSA) is 62.2 Å². The van der Waals surface area contributed by atoms with Gasteiger partial charge < -0.3 is 24.6 Å². The zero-order valence-corrected chi connectivity index (χ0v) is 19.3. The van der Waals surface area contributed by atoms with Crippen molar-refractivity contribution in [3.8, 4) is 23.0 Å². The van der Waals surface area contributed by atoms with Crippen LogP contribution in [0, 0.1) is 0 Å². The highest BCUT2D eigenvalue weighted by Gasteiger charge is 2.29. The molecule has 2 heterocycles. The highest BCUT2D eigenvalue weighted by atomic mass is 16.5. The minimum atomic E-state index is -0.355. The second-order valence-corrected chi connectivity index (χ2v) is 8.74. The summed E-state index contributed by atoms with van der Waals surface area (Å²) in [5.74, 6) is 1.87. The maximum Gasteiger partial charge on any atom is 0.150 e. The Bertz CT molecular complexity index is 1210. The molecule has 0 saturated carbocycles. The zero-order chi connectivity index (χ0) is 23.5. The normalized spacial score (nSPS) is 17.3. The van der Waals surface area contributed by atoms with E-state index in [2.05, 4.69) is 24.1 Å². The van der Waals surface area contributed by atoms with E-state index in [1.165, 1.54) is 6.42 Å². The first-order valence-corrected chi connectivity index (χ1v) is 11.7. The number of hydrogen-bond donors (Lipinski definition) is 2. The van der Waals surface area contributed by atoms with Crippen LogP contribution < -0.4 is 9.47 Å². The molecule has 5 rings (SSSR count). The van der Waals surface area contributed by atoms with E-state index in [9.17, 15) is 10.2 Å². The van der Waals surface area contributed by atoms with Crippen molar-refractivity contribution < 1.29 is 19.7 Å². The number of ether oxygens (including phenoxy) is 2. The number of benzene rings is 3. The molecule has 0 unspecified atom stereocenters. The molecule has 34 heavy (non-hydrogen) atoms. The molecule has 0 saturated heterocycles. The summed E-state index contributed by atoms with van der Waals surface area (Å²) >= 11 is 0. The quantitative estimate of drug-likeness (QED) is 0.467. The summed E-state index contributed by atoms with van der Waals surface area (Å²) in [4.78, 5) is 2.29. The van der Waals surface area contributed by atoms with Crippen LogP contribution in [-0.4, -0.2) is 34.8 Å². The fourth-order valence-corrected chi connectivity index (χ4v) is 4.61. The monoisotopic (exact) mass is 455 g/mol. The SMILES string of the molecule is CC1=C(c2ccc(O)cc2)[C@H](c2ccc(OCCN3C=CCCC3)cc2)Oc2cc(O)ccc21. The Kier molecular flexibility index (Phi) is 6.17. The van der Waals surface area contributed by atoms with Gasteiger partial charge in [-0.15, -0.1) is 0 Å². The molecule has 3 aromatic carbocycles. The second kappa shape index (κ2) is 9.56. The molecule has 2 aliphatic rings. The van der Waals surface area contributed by atoms with Crippen LogP contribution in [0.15, 0.2) is 79.0 Å². The summed E-state index contributed by atoms with van der Waals surface area (Å²) in [7, 11) is 0. The Hall–Kier alpha value is -3.86. The van der Waals surface area contributed by atoms with Gasteiger partial charge in [-0.3, -0.25) is 0 Å². The van der Waals surface area contributed by atoms with Crippen LogP contribution in [0.3, 0.4) is 0 Å². The Morgan fingerprint density at radius 2 is 1.74 bits per heavy atom. The van der Waals surface area contributed by atoms with Crippen molar-refractivity contribution in [2.75, 3.05) is 19.7 Å². The maximum atomic E-state index is 10.0. The third-order valence-electron chi connectivity index (χ3n) is 6.42. The fraction of sp³-hybridized carbons (Fsp3) is 0.241. The fourth-order valence-electron chi connectivity index (χ4n) is 4.61. The average Bonchev–Trinajstić information content (AvgIpc) is 2.86. The van der Waals surface area contributed by atoms with Gasteiger partial charge in [-0.1, -0.05) is 30.3 Å². The number of fused-ring (bicyclic) bond motifs is 1. The summed E-state index contributed by atoms with van der Waals surface area (Å²) < 4.78 is 12.4. The lowest BCUT2D eigenvalue weighted by atomic mass is 9.86. The van der Waals surface area contributed by atoms with Crippen molar-refractivity contribution in [3.63, 3.8) is 0 Å². The van der Waals surface area contributed by atoms with E-state index in [0.717, 1.165) is 53.1 Å². The minimum Gasteiger partial charge on any atom is -0.508 e. The van der Waals surface area contributed by atoms with Gasteiger partial charge in [-0.05, 0) is 79.1 Å². The minimum absolute atomic E-state index is 0.172. The Morgan fingerprint density at radius 3 is 2.47 bits per heavy atom. The van der Waals surface area contributed by atoms with Crippen LogP contribution >= 0.6 is 0 Å². The zero-order valence-electron chi connectivity index (χ0n) is 19.3. The smallest absolute Gasteiger partial charge is 0.150 e. The average molecular weight is 456 g/mol. The van der Waals surface area contributed by atoms with Gasteiger partial charge in [0.2, 0.25) is 0 Å². The molecule has 0 amide bonds. The lowest BCUT2D eigenvalue weighted by Crippen LogP contribution is -2.26. The molecule has 5 nitrogen and oxygen atoms in total. The molecule has 2 aliphatic heterocycles. The van der Waals surface area contributed by atoms with E-state index in [0.29, 0.717) is 12.4 Å². The second-order valence-electron chi connectivity index (χ2n) is 8.74. The molecule has 0 fully saturated rings. The Balaban J connectivity index is 1.40. The molecule has 3 aromatic rings. The van der Waals surface area contributed by atoms with Gasteiger partial charge in [-0.25, -0.2) is 0 Å². The number of phenolic OH excluding ortho intramolecular Hbond substituents is 2. The molecule has 0 radical (unpaired) electrons. The molecule has 174 valence electrons. The van der Waals surface area contributed by atoms with Crippen LogP contribution in [0.4, 0.5) is 0 Å². The van der Waals surface area contributed by atoms with E-state index in [1.54, 1.807) is 24.3 Å². The molecule has 0 aromatic heterocycles. The first-order chi connectivity index (χ1) is 16.6. The van der Waals surface area contributed by atoms with E-state index in [4.69, 9.17) is 9.47 Å². The number of aromatic hydroxyl groups is 2. The van der Waals surface area contributed by atoms with Crippen molar-refractivity contribution in [2.24, 2.45) is 0 Å². The lowest BCUT2D eigenvalue weighted by molar-refractivity contribution is 0.247. The number of hydrogen-bond acceptors (Lipinski definition) is 5. The van der Waals surface area contributed by atoms with Crippen LogP contribution in [0.1, 0.15) is 42.6 Å². The number of nitrogens with zero attached hydrogens (tertiary/aromatic N) is 1. The molecule has 2 N–H and O–H groups in total. The third kappa shape index (κ3) is 4.60. The number of allylic oxidation sites excluding steroid dienone is 2. The summed E-state index contributed by atoms with van der Waals surface area (Å²) in [6.45, 7) is 4.66. The van der Waals surface area contributed by atoms with Gasteiger partial charge in [0.25, 0.3) is 0 Å². The highest BCUT2D eigenvalue weighted by molar-refractivity contribution is 5.95. The van der Waals surface area contributed by atoms with Gasteiger partial charge in [0.1, 0.15) is 35.7 Å². The van der Waals surface area contributed by atoms with Crippen molar-refractivity contribution in [2.45, 2.75) is 25.9 Å². The van der Waals surface area contributed by atoms with E-state index < -0.39 is 0 Å². The molecular weight excluding hydrogens is 426 g/mol. The summed E-state index contributed by atoms with van der Waals surface area (Å²) in [5, 5.41) is 19.8. The summed E-state index contributed by atoms with van der Waals surface area (Å²) in [6, 6.07) is 20.4. The van der Waals surface area contributed by atoms with Crippen LogP contribution in [0.25, 0.3) is 11.1 Å². The molecule has 1 atom stereocenters. The third-order valence-corrected chi connectivity index (χ3v) is 6.42. The van der Waals surface area contributed by atoms with Crippen LogP contribution in [0.2, 0.25) is 0 Å². The predicted octanol–water partition coefficient (Wildman–Crippen LogP) is 6.15. The standard InChI is InChI=1S/C29H29NO4/c1-20-26-14-11-24(32)19-27(26)34-29(28(20)21-5-9-23(31)10-6-21)22-7-12-25(13-8-22)33-18-17-30-15-3-2-4-16-30/h3,5-15,19,29,31-32H,2,4,16-18H2,1H3/t29-/m0/s1. The largest absolute Gasteiger partial charge is 0.508 e. The van der Waals surface area contributed by atoms with Crippen molar-refractivity contribution in [1.82, 2.24) is 4.90 Å². The van der Waals surface area contributed by atoms with E-state index >= 15 is 0 Å². The first-order valence-electron chi connectivity index (χ1n) is 11.7. The molecular formula is C29H29NO4. The Labute approximate surface area is 200 Å². The van der Waals surface area contributed by atoms with E-state index in [1.807, 2.05) is 42.5 Å². The van der Waals surface area contributed by atoms with Gasteiger partial charge in [-0.2, -0.15) is 0 Å². The Morgan fingerprint density at radius 1 is 0.971 bits per heavy atom. The van der Waals surface area contributed by atoms with Gasteiger partial charge in [0, 0.05) is 23.7 Å². The maximum absolute atomic E-state index is 10.0. The van der Waals surface area contributed by atoms with Gasteiger partial charge in [0.15, 0.2) is 0 Å². The van der Waals surface area contributed by atoms with Gasteiger partial charge >= 0.3 is 0 Å². The number of phenols is 2. The van der Waals surface area contributed by atoms with Crippen LogP contribution in [-0.2, 0) is 0 Å². The molecule has 0 aliphatic carbocycles. The molecule has 0 spiro atoms. The van der Waals surface area contributed by atoms with Crippen LogP contribution in [0.5, 0.6) is 23.0 Å². The first kappa shape index (κ1) is 22.0. The van der Waals surface area contributed by atoms with Crippen molar-refractivity contribution in [1.29, 1.82) is 0 Å². The predicted molar refractivity (Wildman–Crippen MR) is 134 cm³/mol. The molecule has 5 heteroatoms. The van der Waals surface area contributed by atoms with Crippen molar-refractivity contribution in [3.05, 3.63) is 95.7 Å². The molecule has 0 bridgehead atoms. The van der Waals surface area contributed by atoms with E-state index in [-0.39, 0.29) is 17.6 Å². The number of rotatable bonds is 6. The highest BCUT2D eigenvalue weighted by Crippen LogP contribution is 2.47. The summed E-state index contributed by atoms with van der Waals surface area (Å²) in [5.41, 5.74) is 5.02. The summed E-state index contributed by atoms with van der Waals surface area (Å²) in [6.07, 6.45) is 6.37.